The molecule has 0 atom stereocenters. The van der Waals surface area contributed by atoms with Crippen LogP contribution in [0, 0.1) is 0 Å². The number of fused-ring (bicyclic) bond motifs is 1. The lowest BCUT2D eigenvalue weighted by Crippen LogP contribution is -2.29. The van der Waals surface area contributed by atoms with Crippen molar-refractivity contribution < 1.29 is 0 Å². The van der Waals surface area contributed by atoms with E-state index in [2.05, 4.69) is 21.0 Å². The average Bonchev–Trinajstić information content (AvgIpc) is 2.40. The molecule has 4 nitrogen and oxygen atoms in total. The molecule has 0 aliphatic rings. The Balaban J connectivity index is 2.32. The number of nitrogens with one attached hydrogen (secondary N) is 1. The zero-order chi connectivity index (χ0) is 13.0. The van der Waals surface area contributed by atoms with Gasteiger partial charge in [-0.2, -0.15) is 0 Å². The van der Waals surface area contributed by atoms with Crippen LogP contribution in [-0.4, -0.2) is 15.1 Å². The summed E-state index contributed by atoms with van der Waals surface area (Å²) in [4.78, 5) is 23.9. The minimum absolute atomic E-state index is 0.121. The largest absolute Gasteiger partial charge is 0.273 e. The molecule has 0 unspecified atom stereocenters. The molecule has 5 heteroatoms. The van der Waals surface area contributed by atoms with Gasteiger partial charge in [0.25, 0.3) is 11.1 Å². The van der Waals surface area contributed by atoms with E-state index in [1.54, 1.807) is 24.3 Å². The van der Waals surface area contributed by atoms with Gasteiger partial charge in [-0.25, -0.2) is 4.68 Å². The van der Waals surface area contributed by atoms with E-state index in [1.165, 1.54) is 4.68 Å². The highest BCUT2D eigenvalue weighted by atomic mass is 79.9. The van der Waals surface area contributed by atoms with Gasteiger partial charge in [-0.15, -0.1) is 0 Å². The van der Waals surface area contributed by atoms with E-state index in [-0.39, 0.29) is 11.1 Å². The Labute approximate surface area is 113 Å². The van der Waals surface area contributed by atoms with Crippen molar-refractivity contribution in [2.24, 2.45) is 0 Å². The van der Waals surface area contributed by atoms with Crippen LogP contribution in [0.1, 0.15) is 19.3 Å². The SMILES string of the molecule is O=c1[nH]n(CCCCCBr)c(=O)c2ccccc12. The molecule has 18 heavy (non-hydrogen) atoms. The molecule has 0 amide bonds. The number of nitrogens with zero attached hydrogens (tertiary/aromatic N) is 1. The van der Waals surface area contributed by atoms with Crippen LogP contribution in [0.25, 0.3) is 10.8 Å². The Hall–Kier alpha value is -1.36. The van der Waals surface area contributed by atoms with Crippen LogP contribution in [0.3, 0.4) is 0 Å². The predicted octanol–water partition coefficient (Wildman–Crippen LogP) is 2.25. The first kappa shape index (κ1) is 13.1. The third-order valence-electron chi connectivity index (χ3n) is 2.90. The number of hydrogen-bond acceptors (Lipinski definition) is 2. The smallest absolute Gasteiger partial charge is 0.267 e. The second-order valence-corrected chi connectivity index (χ2v) is 4.99. The van der Waals surface area contributed by atoms with Crippen LogP contribution < -0.4 is 11.1 Å². The predicted molar refractivity (Wildman–Crippen MR) is 76.5 cm³/mol. The summed E-state index contributed by atoms with van der Waals surface area (Å²) in [6.45, 7) is 0.561. The first-order chi connectivity index (χ1) is 8.74. The molecule has 1 aromatic carbocycles. The minimum atomic E-state index is -0.203. The highest BCUT2D eigenvalue weighted by molar-refractivity contribution is 9.09. The first-order valence-corrected chi connectivity index (χ1v) is 7.14. The molecule has 0 spiro atoms. The van der Waals surface area contributed by atoms with Crippen LogP contribution in [0.4, 0.5) is 0 Å². The third kappa shape index (κ3) is 2.72. The summed E-state index contributed by atoms with van der Waals surface area (Å²) in [6.07, 6.45) is 3.00. The highest BCUT2D eigenvalue weighted by Gasteiger charge is 2.05. The van der Waals surface area contributed by atoms with Gasteiger partial charge in [0.05, 0.1) is 10.8 Å². The summed E-state index contributed by atoms with van der Waals surface area (Å²) in [5, 5.41) is 4.55. The van der Waals surface area contributed by atoms with Crippen LogP contribution in [0.5, 0.6) is 0 Å². The van der Waals surface area contributed by atoms with Crippen molar-refractivity contribution in [2.75, 3.05) is 5.33 Å². The van der Waals surface area contributed by atoms with E-state index in [4.69, 9.17) is 0 Å². The number of hydrogen-bond donors (Lipinski definition) is 1. The number of alkyl halides is 1. The van der Waals surface area contributed by atoms with Crippen LogP contribution >= 0.6 is 15.9 Å². The van der Waals surface area contributed by atoms with E-state index in [1.807, 2.05) is 0 Å². The van der Waals surface area contributed by atoms with Crippen molar-refractivity contribution in [3.8, 4) is 0 Å². The lowest BCUT2D eigenvalue weighted by molar-refractivity contribution is 0.529. The quantitative estimate of drug-likeness (QED) is 0.680. The first-order valence-electron chi connectivity index (χ1n) is 6.02. The van der Waals surface area contributed by atoms with Gasteiger partial charge in [0.1, 0.15) is 0 Å². The molecule has 0 saturated heterocycles. The summed E-state index contributed by atoms with van der Waals surface area (Å²) in [7, 11) is 0. The molecular weight excluding hydrogens is 296 g/mol. The maximum absolute atomic E-state index is 12.1. The monoisotopic (exact) mass is 310 g/mol. The molecule has 0 fully saturated rings. The van der Waals surface area contributed by atoms with Crippen LogP contribution in [0.2, 0.25) is 0 Å². The topological polar surface area (TPSA) is 54.9 Å². The van der Waals surface area contributed by atoms with Crippen LogP contribution in [0.15, 0.2) is 33.9 Å². The average molecular weight is 311 g/mol. The standard InChI is InChI=1S/C13H15BrN2O2/c14-8-4-1-5-9-16-13(18)11-7-3-2-6-10(11)12(17)15-16/h2-3,6-7H,1,4-5,8-9H2,(H,15,17). The fraction of sp³-hybridized carbons (Fsp3) is 0.385. The van der Waals surface area contributed by atoms with Crippen LogP contribution in [-0.2, 0) is 6.54 Å². The number of halogens is 1. The molecule has 0 bridgehead atoms. The van der Waals surface area contributed by atoms with Crippen molar-refractivity contribution in [3.63, 3.8) is 0 Å². The number of aromatic amines is 1. The molecular formula is C13H15BrN2O2. The number of unbranched alkanes of at least 4 members (excludes halogenated alkanes) is 2. The van der Waals surface area contributed by atoms with Gasteiger partial charge < -0.3 is 0 Å². The summed E-state index contributed by atoms with van der Waals surface area (Å²) in [6, 6.07) is 6.91. The van der Waals surface area contributed by atoms with Crippen molar-refractivity contribution >= 4 is 26.7 Å². The van der Waals surface area contributed by atoms with Crippen molar-refractivity contribution in [1.82, 2.24) is 9.78 Å². The molecule has 96 valence electrons. The molecule has 0 aliphatic carbocycles. The number of benzene rings is 1. The summed E-state index contributed by atoms with van der Waals surface area (Å²) < 4.78 is 1.42. The lowest BCUT2D eigenvalue weighted by atomic mass is 10.2. The van der Waals surface area contributed by atoms with Gasteiger partial charge in [0, 0.05) is 11.9 Å². The maximum atomic E-state index is 12.1. The van der Waals surface area contributed by atoms with Gasteiger partial charge >= 0.3 is 0 Å². The fourth-order valence-electron chi connectivity index (χ4n) is 1.95. The lowest BCUT2D eigenvalue weighted by Gasteiger charge is -2.06. The van der Waals surface area contributed by atoms with Gasteiger partial charge in [0.15, 0.2) is 0 Å². The Kier molecular flexibility index (Phi) is 4.36. The summed E-state index contributed by atoms with van der Waals surface area (Å²) in [5.74, 6) is 0. The van der Waals surface area contributed by atoms with Gasteiger partial charge in [-0.05, 0) is 25.0 Å². The molecule has 2 aromatic rings. The Morgan fingerprint density at radius 1 is 1.06 bits per heavy atom. The second kappa shape index (κ2) is 6.00. The Morgan fingerprint density at radius 2 is 1.78 bits per heavy atom. The molecule has 0 aliphatic heterocycles. The Morgan fingerprint density at radius 3 is 2.50 bits per heavy atom. The number of H-pyrrole nitrogens is 1. The zero-order valence-corrected chi connectivity index (χ0v) is 11.6. The van der Waals surface area contributed by atoms with Gasteiger partial charge in [0.2, 0.25) is 0 Å². The third-order valence-corrected chi connectivity index (χ3v) is 3.46. The molecule has 1 N–H and O–H groups in total. The summed E-state index contributed by atoms with van der Waals surface area (Å²) in [5.41, 5.74) is -0.324. The van der Waals surface area contributed by atoms with E-state index in [9.17, 15) is 9.59 Å². The maximum Gasteiger partial charge on any atom is 0.273 e. The van der Waals surface area contributed by atoms with E-state index in [0.29, 0.717) is 17.3 Å². The minimum Gasteiger partial charge on any atom is -0.267 e. The Bertz CT molecular complexity index is 645. The molecule has 0 saturated carbocycles. The van der Waals surface area contributed by atoms with Gasteiger partial charge in [-0.3, -0.25) is 14.7 Å². The number of aryl methyl sites for hydroxylation is 1. The summed E-state index contributed by atoms with van der Waals surface area (Å²) >= 11 is 3.37. The molecule has 1 heterocycles. The fourth-order valence-corrected chi connectivity index (χ4v) is 2.34. The molecule has 0 radical (unpaired) electrons. The number of aromatic nitrogens is 2. The zero-order valence-electron chi connectivity index (χ0n) is 9.99. The van der Waals surface area contributed by atoms with Crippen molar-refractivity contribution in [1.29, 1.82) is 0 Å². The number of rotatable bonds is 5. The van der Waals surface area contributed by atoms with Gasteiger partial charge in [-0.1, -0.05) is 34.5 Å². The molecule has 2 rings (SSSR count). The normalized spacial score (nSPS) is 10.9. The van der Waals surface area contributed by atoms with E-state index < -0.39 is 0 Å². The van der Waals surface area contributed by atoms with E-state index in [0.717, 1.165) is 24.6 Å². The highest BCUT2D eigenvalue weighted by Crippen LogP contribution is 2.03. The van der Waals surface area contributed by atoms with Crippen molar-refractivity contribution in [3.05, 3.63) is 45.0 Å². The second-order valence-electron chi connectivity index (χ2n) is 4.19. The van der Waals surface area contributed by atoms with Crippen molar-refractivity contribution in [2.45, 2.75) is 25.8 Å². The van der Waals surface area contributed by atoms with E-state index >= 15 is 0 Å². The molecule has 1 aromatic heterocycles.